The van der Waals surface area contributed by atoms with Crippen LogP contribution in [0.4, 0.5) is 5.69 Å². The van der Waals surface area contributed by atoms with E-state index in [4.69, 9.17) is 9.47 Å². The monoisotopic (exact) mass is 479 g/mol. The minimum absolute atomic E-state index is 0.147. The lowest BCUT2D eigenvalue weighted by Gasteiger charge is -2.36. The van der Waals surface area contributed by atoms with Gasteiger partial charge in [0.05, 0.1) is 24.9 Å². The highest BCUT2D eigenvalue weighted by Gasteiger charge is 2.25. The number of fused-ring (bicyclic) bond motifs is 2. The van der Waals surface area contributed by atoms with Crippen molar-refractivity contribution in [2.75, 3.05) is 18.6 Å². The molecule has 1 aliphatic rings. The van der Waals surface area contributed by atoms with Gasteiger partial charge in [-0.3, -0.25) is 0 Å². The van der Waals surface area contributed by atoms with Gasteiger partial charge in [-0.1, -0.05) is 73.7 Å². The van der Waals surface area contributed by atoms with Gasteiger partial charge in [0.2, 0.25) is 0 Å². The number of nitrogens with zero attached hydrogens (tertiary/aromatic N) is 1. The molecule has 0 N–H and O–H groups in total. The van der Waals surface area contributed by atoms with Gasteiger partial charge < -0.3 is 14.4 Å². The Kier molecular flexibility index (Phi) is 7.22. The summed E-state index contributed by atoms with van der Waals surface area (Å²) in [6.07, 6.45) is 3.40. The van der Waals surface area contributed by atoms with E-state index >= 15 is 0 Å². The number of hydrogen-bond donors (Lipinski definition) is 0. The fraction of sp³-hybridized carbons (Fsp3) is 0.281. The van der Waals surface area contributed by atoms with Crippen molar-refractivity contribution in [3.63, 3.8) is 0 Å². The van der Waals surface area contributed by atoms with Gasteiger partial charge in [0.1, 0.15) is 11.9 Å². The molecule has 0 spiro atoms. The topological polar surface area (TPSA) is 38.8 Å². The molecule has 184 valence electrons. The van der Waals surface area contributed by atoms with Crippen LogP contribution in [-0.2, 0) is 11.3 Å². The van der Waals surface area contributed by atoms with Gasteiger partial charge in [-0.2, -0.15) is 0 Å². The van der Waals surface area contributed by atoms with E-state index in [0.717, 1.165) is 49.4 Å². The van der Waals surface area contributed by atoms with E-state index in [0.29, 0.717) is 11.5 Å². The van der Waals surface area contributed by atoms with Crippen LogP contribution < -0.4 is 9.64 Å². The van der Waals surface area contributed by atoms with E-state index in [1.807, 2.05) is 30.3 Å². The zero-order chi connectivity index (χ0) is 24.9. The quantitative estimate of drug-likeness (QED) is 0.247. The average molecular weight is 480 g/mol. The van der Waals surface area contributed by atoms with Crippen LogP contribution in [0.15, 0.2) is 91.0 Å². The Labute approximate surface area is 213 Å². The molecular formula is C32H33NO3. The summed E-state index contributed by atoms with van der Waals surface area (Å²) in [7, 11) is 1.41. The second-order valence-corrected chi connectivity index (χ2v) is 9.68. The Hall–Kier alpha value is -3.79. The molecule has 1 aliphatic heterocycles. The lowest BCUT2D eigenvalue weighted by atomic mass is 9.90. The number of methoxy groups -OCH3 is 1. The van der Waals surface area contributed by atoms with E-state index < -0.39 is 0 Å². The predicted octanol–water partition coefficient (Wildman–Crippen LogP) is 7.37. The average Bonchev–Trinajstić information content (AvgIpc) is 2.92. The molecule has 0 saturated carbocycles. The SMILES string of the molecule is COC(=O)c1ccc(CN2CC(CCC[C@H](C)c3cccc4ccccc34)Oc3ccccc32)cc1. The zero-order valence-corrected chi connectivity index (χ0v) is 21.0. The fourth-order valence-electron chi connectivity index (χ4n) is 5.25. The molecule has 2 atom stereocenters. The largest absolute Gasteiger partial charge is 0.486 e. The molecule has 0 aromatic heterocycles. The van der Waals surface area contributed by atoms with Gasteiger partial charge in [0.15, 0.2) is 0 Å². The fourth-order valence-corrected chi connectivity index (χ4v) is 5.25. The van der Waals surface area contributed by atoms with Gasteiger partial charge in [-0.15, -0.1) is 0 Å². The lowest BCUT2D eigenvalue weighted by molar-refractivity contribution is 0.0600. The Morgan fingerprint density at radius 1 is 0.972 bits per heavy atom. The molecule has 0 fully saturated rings. The van der Waals surface area contributed by atoms with Crippen molar-refractivity contribution < 1.29 is 14.3 Å². The second-order valence-electron chi connectivity index (χ2n) is 9.68. The number of para-hydroxylation sites is 2. The standard InChI is InChI=1S/C32H33NO3/c1-23(28-14-8-11-25-10-3-4-13-29(25)28)9-7-12-27-22-33(30-15-5-6-16-31(30)36-27)21-24-17-19-26(20-18-24)32(34)35-2/h3-6,8,10-11,13-20,23,27H,7,9,12,21-22H2,1-2H3/t23-,27?/m0/s1. The first-order valence-corrected chi connectivity index (χ1v) is 12.8. The molecule has 0 radical (unpaired) electrons. The molecule has 0 aliphatic carbocycles. The minimum Gasteiger partial charge on any atom is -0.486 e. The minimum atomic E-state index is -0.309. The third kappa shape index (κ3) is 5.23. The number of carbonyl (C=O) groups excluding carboxylic acids is 1. The van der Waals surface area contributed by atoms with Crippen molar-refractivity contribution >= 4 is 22.4 Å². The Morgan fingerprint density at radius 3 is 2.56 bits per heavy atom. The summed E-state index contributed by atoms with van der Waals surface area (Å²) in [5, 5.41) is 2.67. The number of carbonyl (C=O) groups is 1. The highest BCUT2D eigenvalue weighted by molar-refractivity contribution is 5.89. The van der Waals surface area contributed by atoms with E-state index in [1.54, 1.807) is 0 Å². The van der Waals surface area contributed by atoms with Gasteiger partial charge in [0.25, 0.3) is 0 Å². The van der Waals surface area contributed by atoms with Crippen molar-refractivity contribution in [3.8, 4) is 5.75 Å². The molecular weight excluding hydrogens is 446 g/mol. The van der Waals surface area contributed by atoms with Crippen LogP contribution in [0.1, 0.15) is 53.6 Å². The molecule has 4 nitrogen and oxygen atoms in total. The molecule has 5 rings (SSSR count). The molecule has 0 saturated heterocycles. The smallest absolute Gasteiger partial charge is 0.337 e. The lowest BCUT2D eigenvalue weighted by Crippen LogP contribution is -2.39. The first-order valence-electron chi connectivity index (χ1n) is 12.8. The van der Waals surface area contributed by atoms with E-state index in [2.05, 4.69) is 72.5 Å². The van der Waals surface area contributed by atoms with Crippen LogP contribution in [0.3, 0.4) is 0 Å². The Morgan fingerprint density at radius 2 is 1.72 bits per heavy atom. The second kappa shape index (κ2) is 10.9. The summed E-state index contributed by atoms with van der Waals surface area (Å²) in [5.41, 5.74) is 4.28. The molecule has 4 aromatic carbocycles. The number of esters is 1. The normalized spacial score (nSPS) is 15.7. The predicted molar refractivity (Wildman–Crippen MR) is 146 cm³/mol. The molecule has 0 amide bonds. The maximum Gasteiger partial charge on any atom is 0.337 e. The Balaban J connectivity index is 1.24. The van der Waals surface area contributed by atoms with E-state index in [1.165, 1.54) is 23.4 Å². The molecule has 1 heterocycles. The van der Waals surface area contributed by atoms with Crippen molar-refractivity contribution in [1.82, 2.24) is 0 Å². The van der Waals surface area contributed by atoms with Crippen LogP contribution in [0.25, 0.3) is 10.8 Å². The van der Waals surface area contributed by atoms with Crippen LogP contribution in [0.2, 0.25) is 0 Å². The third-order valence-corrected chi connectivity index (χ3v) is 7.19. The van der Waals surface area contributed by atoms with E-state index in [-0.39, 0.29) is 12.1 Å². The van der Waals surface area contributed by atoms with Crippen molar-refractivity contribution in [2.24, 2.45) is 0 Å². The highest BCUT2D eigenvalue weighted by atomic mass is 16.5. The number of benzene rings is 4. The maximum absolute atomic E-state index is 11.8. The summed E-state index contributed by atoms with van der Waals surface area (Å²) in [5.74, 6) is 1.13. The number of rotatable bonds is 8. The third-order valence-electron chi connectivity index (χ3n) is 7.19. The van der Waals surface area contributed by atoms with Gasteiger partial charge in [-0.05, 0) is 71.3 Å². The van der Waals surface area contributed by atoms with E-state index in [9.17, 15) is 4.79 Å². The maximum atomic E-state index is 11.8. The first-order chi connectivity index (χ1) is 17.6. The van der Waals surface area contributed by atoms with Crippen molar-refractivity contribution in [1.29, 1.82) is 0 Å². The van der Waals surface area contributed by atoms with Gasteiger partial charge in [0, 0.05) is 6.54 Å². The summed E-state index contributed by atoms with van der Waals surface area (Å²) >= 11 is 0. The zero-order valence-electron chi connectivity index (χ0n) is 21.0. The summed E-state index contributed by atoms with van der Waals surface area (Å²) < 4.78 is 11.2. The van der Waals surface area contributed by atoms with Gasteiger partial charge >= 0.3 is 5.97 Å². The van der Waals surface area contributed by atoms with Crippen LogP contribution in [-0.4, -0.2) is 25.7 Å². The molecule has 4 aromatic rings. The summed E-state index contributed by atoms with van der Waals surface area (Å²) in [4.78, 5) is 14.2. The summed E-state index contributed by atoms with van der Waals surface area (Å²) in [6, 6.07) is 31.2. The van der Waals surface area contributed by atoms with Crippen LogP contribution in [0, 0.1) is 0 Å². The van der Waals surface area contributed by atoms with Crippen molar-refractivity contribution in [3.05, 3.63) is 108 Å². The molecule has 1 unspecified atom stereocenters. The number of ether oxygens (including phenoxy) is 2. The van der Waals surface area contributed by atoms with Crippen LogP contribution in [0.5, 0.6) is 5.75 Å². The molecule has 4 heteroatoms. The number of anilines is 1. The first kappa shape index (κ1) is 23.9. The van der Waals surface area contributed by atoms with Crippen molar-refractivity contribution in [2.45, 2.75) is 44.8 Å². The van der Waals surface area contributed by atoms with Crippen LogP contribution >= 0.6 is 0 Å². The Bertz CT molecular complexity index is 1330. The van der Waals surface area contributed by atoms with Gasteiger partial charge in [-0.25, -0.2) is 4.79 Å². The molecule has 0 bridgehead atoms. The molecule has 36 heavy (non-hydrogen) atoms. The number of hydrogen-bond acceptors (Lipinski definition) is 4. The summed E-state index contributed by atoms with van der Waals surface area (Å²) in [6.45, 7) is 3.95. The highest BCUT2D eigenvalue weighted by Crippen LogP contribution is 2.36.